The van der Waals surface area contributed by atoms with Gasteiger partial charge in [0.25, 0.3) is 10.0 Å². The Hall–Kier alpha value is -2.55. The summed E-state index contributed by atoms with van der Waals surface area (Å²) in [6, 6.07) is 15.0. The molecule has 0 spiro atoms. The Morgan fingerprint density at radius 1 is 1.09 bits per heavy atom. The molecule has 0 atom stereocenters. The van der Waals surface area contributed by atoms with Gasteiger partial charge in [-0.3, -0.25) is 4.72 Å². The van der Waals surface area contributed by atoms with E-state index in [1.54, 1.807) is 12.1 Å². The topological polar surface area (TPSA) is 63.6 Å². The maximum atomic E-state index is 13.0. The SMILES string of the molecule is CCN(CC)CCOc1c(C)n(C)c2ccc(NS(=O)(=O)c3cc4ccccc4s3)cc12. The van der Waals surface area contributed by atoms with E-state index < -0.39 is 10.0 Å². The number of ether oxygens (including phenoxy) is 1. The Morgan fingerprint density at radius 2 is 1.84 bits per heavy atom. The van der Waals surface area contributed by atoms with E-state index in [2.05, 4.69) is 28.0 Å². The third kappa shape index (κ3) is 4.35. The molecule has 0 aliphatic carbocycles. The average Bonchev–Trinajstić information content (AvgIpc) is 3.32. The van der Waals surface area contributed by atoms with E-state index in [1.807, 2.05) is 50.4 Å². The van der Waals surface area contributed by atoms with Gasteiger partial charge in [-0.2, -0.15) is 0 Å². The van der Waals surface area contributed by atoms with Crippen LogP contribution >= 0.6 is 11.3 Å². The first-order valence-electron chi connectivity index (χ1n) is 10.8. The van der Waals surface area contributed by atoms with Crippen molar-refractivity contribution in [3.05, 3.63) is 54.2 Å². The molecule has 6 nitrogen and oxygen atoms in total. The quantitative estimate of drug-likeness (QED) is 0.363. The largest absolute Gasteiger partial charge is 0.490 e. The van der Waals surface area contributed by atoms with Crippen LogP contribution in [0.15, 0.2) is 52.7 Å². The predicted octanol–water partition coefficient (Wildman–Crippen LogP) is 5.22. The third-order valence-electron chi connectivity index (χ3n) is 5.90. The molecule has 170 valence electrons. The van der Waals surface area contributed by atoms with Crippen LogP contribution in [0.5, 0.6) is 5.75 Å². The zero-order valence-electron chi connectivity index (χ0n) is 18.9. The number of nitrogens with zero attached hydrogens (tertiary/aromatic N) is 2. The van der Waals surface area contributed by atoms with Crippen LogP contribution < -0.4 is 9.46 Å². The molecule has 8 heteroatoms. The van der Waals surface area contributed by atoms with Crippen LogP contribution in [0.25, 0.3) is 21.0 Å². The molecule has 1 N–H and O–H groups in total. The predicted molar refractivity (Wildman–Crippen MR) is 134 cm³/mol. The fourth-order valence-electron chi connectivity index (χ4n) is 3.90. The molecule has 0 saturated carbocycles. The second kappa shape index (κ2) is 9.13. The highest BCUT2D eigenvalue weighted by atomic mass is 32.2. The van der Waals surface area contributed by atoms with Crippen molar-refractivity contribution in [3.8, 4) is 5.75 Å². The molecule has 4 rings (SSSR count). The Bertz CT molecular complexity index is 1320. The van der Waals surface area contributed by atoms with Crippen molar-refractivity contribution in [2.45, 2.75) is 25.0 Å². The third-order valence-corrected chi connectivity index (χ3v) is 8.87. The number of hydrogen-bond acceptors (Lipinski definition) is 5. The minimum atomic E-state index is -3.68. The zero-order chi connectivity index (χ0) is 22.9. The fourth-order valence-corrected chi connectivity index (χ4v) is 6.34. The Balaban J connectivity index is 1.62. The maximum absolute atomic E-state index is 13.0. The number of likely N-dealkylation sites (N-methyl/N-ethyl adjacent to an activating group) is 1. The van der Waals surface area contributed by atoms with Crippen LogP contribution in [-0.2, 0) is 17.1 Å². The number of thiophene rings is 1. The number of sulfonamides is 1. The van der Waals surface area contributed by atoms with Crippen molar-refractivity contribution >= 4 is 48.0 Å². The highest BCUT2D eigenvalue weighted by Gasteiger charge is 2.20. The summed E-state index contributed by atoms with van der Waals surface area (Å²) in [4.78, 5) is 2.31. The molecule has 32 heavy (non-hydrogen) atoms. The minimum absolute atomic E-state index is 0.304. The lowest BCUT2D eigenvalue weighted by Crippen LogP contribution is -2.27. The molecule has 2 aromatic heterocycles. The smallest absolute Gasteiger partial charge is 0.271 e. The van der Waals surface area contributed by atoms with Gasteiger partial charge in [0.05, 0.1) is 11.2 Å². The first-order chi connectivity index (χ1) is 15.3. The van der Waals surface area contributed by atoms with Gasteiger partial charge in [0.2, 0.25) is 0 Å². The summed E-state index contributed by atoms with van der Waals surface area (Å²) >= 11 is 1.27. The number of anilines is 1. The van der Waals surface area contributed by atoms with E-state index in [0.717, 1.165) is 52.1 Å². The molecular formula is C24H29N3O3S2. The molecule has 0 fully saturated rings. The molecule has 4 aromatic rings. The first-order valence-corrected chi connectivity index (χ1v) is 13.1. The van der Waals surface area contributed by atoms with E-state index in [0.29, 0.717) is 16.5 Å². The van der Waals surface area contributed by atoms with Crippen LogP contribution in [0, 0.1) is 6.92 Å². The molecule has 2 heterocycles. The Kier molecular flexibility index (Phi) is 6.46. The van der Waals surface area contributed by atoms with Gasteiger partial charge in [0, 0.05) is 29.4 Å². The molecule has 0 radical (unpaired) electrons. The standard InChI is InChI=1S/C24H29N3O3S2/c1-5-27(6-2)13-14-30-24-17(3)26(4)21-12-11-19(16-20(21)24)25-32(28,29)23-15-18-9-7-8-10-22(18)31-23/h7-12,15-16,25H,5-6,13-14H2,1-4H3. The highest BCUT2D eigenvalue weighted by Crippen LogP contribution is 2.35. The van der Waals surface area contributed by atoms with Crippen molar-refractivity contribution in [2.24, 2.45) is 7.05 Å². The van der Waals surface area contributed by atoms with E-state index in [1.165, 1.54) is 11.3 Å². The van der Waals surface area contributed by atoms with Crippen LogP contribution in [0.4, 0.5) is 5.69 Å². The molecule has 0 bridgehead atoms. The molecular weight excluding hydrogens is 442 g/mol. The second-order valence-corrected chi connectivity index (χ2v) is 10.8. The molecule has 0 aliphatic heterocycles. The summed E-state index contributed by atoms with van der Waals surface area (Å²) < 4.78 is 38.3. The average molecular weight is 472 g/mol. The lowest BCUT2D eigenvalue weighted by molar-refractivity contribution is 0.223. The van der Waals surface area contributed by atoms with Crippen LogP contribution in [0.1, 0.15) is 19.5 Å². The monoisotopic (exact) mass is 471 g/mol. The van der Waals surface area contributed by atoms with Gasteiger partial charge in [-0.05, 0) is 55.7 Å². The maximum Gasteiger partial charge on any atom is 0.271 e. The van der Waals surface area contributed by atoms with Crippen LogP contribution in [0.2, 0.25) is 0 Å². The van der Waals surface area contributed by atoms with Crippen molar-refractivity contribution in [1.29, 1.82) is 0 Å². The van der Waals surface area contributed by atoms with Gasteiger partial charge in [-0.15, -0.1) is 11.3 Å². The van der Waals surface area contributed by atoms with E-state index >= 15 is 0 Å². The number of benzene rings is 2. The number of aryl methyl sites for hydroxylation is 1. The summed E-state index contributed by atoms with van der Waals surface area (Å²) in [5.41, 5.74) is 2.54. The van der Waals surface area contributed by atoms with Crippen LogP contribution in [0.3, 0.4) is 0 Å². The molecule has 0 amide bonds. The summed E-state index contributed by atoms with van der Waals surface area (Å²) in [7, 11) is -1.68. The summed E-state index contributed by atoms with van der Waals surface area (Å²) in [5, 5.41) is 1.83. The van der Waals surface area contributed by atoms with Gasteiger partial charge in [0.15, 0.2) is 0 Å². The van der Waals surface area contributed by atoms with E-state index in [4.69, 9.17) is 4.74 Å². The fraction of sp³-hybridized carbons (Fsp3) is 0.333. The van der Waals surface area contributed by atoms with Gasteiger partial charge < -0.3 is 14.2 Å². The number of hydrogen-bond donors (Lipinski definition) is 1. The van der Waals surface area contributed by atoms with Gasteiger partial charge >= 0.3 is 0 Å². The second-order valence-electron chi connectivity index (χ2n) is 7.79. The highest BCUT2D eigenvalue weighted by molar-refractivity contribution is 7.94. The molecule has 0 unspecified atom stereocenters. The van der Waals surface area contributed by atoms with Gasteiger partial charge in [0.1, 0.15) is 16.6 Å². The van der Waals surface area contributed by atoms with Crippen molar-refractivity contribution in [3.63, 3.8) is 0 Å². The van der Waals surface area contributed by atoms with Crippen LogP contribution in [-0.4, -0.2) is 44.1 Å². The lowest BCUT2D eigenvalue weighted by atomic mass is 10.2. The normalized spacial score (nSPS) is 12.2. The van der Waals surface area contributed by atoms with Gasteiger partial charge in [-0.25, -0.2) is 8.42 Å². The minimum Gasteiger partial charge on any atom is -0.490 e. The summed E-state index contributed by atoms with van der Waals surface area (Å²) in [6.07, 6.45) is 0. The van der Waals surface area contributed by atoms with Gasteiger partial charge in [-0.1, -0.05) is 32.0 Å². The van der Waals surface area contributed by atoms with Crippen molar-refractivity contribution < 1.29 is 13.2 Å². The first kappa shape index (κ1) is 22.6. The number of nitrogens with one attached hydrogen (secondary N) is 1. The molecule has 0 saturated heterocycles. The number of aromatic nitrogens is 1. The van der Waals surface area contributed by atoms with Crippen molar-refractivity contribution in [1.82, 2.24) is 9.47 Å². The molecule has 0 aliphatic rings. The summed E-state index contributed by atoms with van der Waals surface area (Å²) in [6.45, 7) is 9.70. The van der Waals surface area contributed by atoms with E-state index in [9.17, 15) is 8.42 Å². The number of rotatable bonds is 9. The van der Waals surface area contributed by atoms with E-state index in [-0.39, 0.29) is 0 Å². The Morgan fingerprint density at radius 3 is 2.56 bits per heavy atom. The summed E-state index contributed by atoms with van der Waals surface area (Å²) in [5.74, 6) is 0.803. The Labute approximate surface area is 193 Å². The number of fused-ring (bicyclic) bond motifs is 2. The molecule has 2 aromatic carbocycles. The zero-order valence-corrected chi connectivity index (χ0v) is 20.5. The van der Waals surface area contributed by atoms with Crippen molar-refractivity contribution in [2.75, 3.05) is 31.0 Å². The lowest BCUT2D eigenvalue weighted by Gasteiger charge is -2.18.